The van der Waals surface area contributed by atoms with Crippen molar-refractivity contribution >= 4 is 10.9 Å². The van der Waals surface area contributed by atoms with Crippen molar-refractivity contribution in [1.82, 2.24) is 30.1 Å². The number of hydrogen-bond donors (Lipinski definition) is 1. The van der Waals surface area contributed by atoms with Crippen LogP contribution in [0.1, 0.15) is 23.2 Å². The fourth-order valence-electron chi connectivity index (χ4n) is 3.40. The normalized spacial score (nSPS) is 18.0. The first-order valence-electron chi connectivity index (χ1n) is 9.35. The van der Waals surface area contributed by atoms with Crippen LogP contribution in [0.5, 0.6) is 0 Å². The number of methoxy groups -OCH3 is 1. The summed E-state index contributed by atoms with van der Waals surface area (Å²) < 4.78 is 10.9. The molecule has 1 aromatic carbocycles. The number of aryl methyl sites for hydroxylation is 1. The lowest BCUT2D eigenvalue weighted by atomic mass is 10.1. The van der Waals surface area contributed by atoms with Crippen LogP contribution in [0.4, 0.5) is 0 Å². The number of aromatic nitrogens is 5. The van der Waals surface area contributed by atoms with E-state index in [1.807, 2.05) is 25.1 Å². The molecule has 9 heteroatoms. The number of morpholine rings is 1. The molecule has 0 amide bonds. The Labute approximate surface area is 162 Å². The lowest BCUT2D eigenvalue weighted by Gasteiger charge is -2.31. The highest BCUT2D eigenvalue weighted by Gasteiger charge is 2.26. The first kappa shape index (κ1) is 18.7. The number of tetrazole rings is 1. The Bertz CT molecular complexity index is 1010. The van der Waals surface area contributed by atoms with Gasteiger partial charge in [0.05, 0.1) is 19.8 Å². The predicted octanol–water partition coefficient (Wildman–Crippen LogP) is 1.04. The maximum absolute atomic E-state index is 12.5. The molecule has 0 saturated carbocycles. The van der Waals surface area contributed by atoms with Crippen LogP contribution in [0, 0.1) is 6.92 Å². The third-order valence-corrected chi connectivity index (χ3v) is 4.84. The summed E-state index contributed by atoms with van der Waals surface area (Å²) in [5, 5.41) is 13.3. The zero-order chi connectivity index (χ0) is 19.5. The van der Waals surface area contributed by atoms with Crippen LogP contribution in [0.25, 0.3) is 10.9 Å². The lowest BCUT2D eigenvalue weighted by molar-refractivity contribution is -0.0377. The van der Waals surface area contributed by atoms with Gasteiger partial charge >= 0.3 is 0 Å². The summed E-state index contributed by atoms with van der Waals surface area (Å²) in [6.07, 6.45) is -0.236. The maximum Gasteiger partial charge on any atom is 0.204 e. The first-order valence-corrected chi connectivity index (χ1v) is 9.35. The second kappa shape index (κ2) is 8.17. The third-order valence-electron chi connectivity index (χ3n) is 4.84. The standard InChI is InChI=1S/C19H24N6O3/c1-13-3-4-16-15(9-13)17(26)10-14(20-16)11-24-5-8-28-18(12-24)19-21-23-25(22-19)6-7-27-2/h3-4,9-10,18H,5-8,11-12H2,1-2H3,(H,20,26)/t18-/m1/s1. The van der Waals surface area contributed by atoms with Crippen LogP contribution < -0.4 is 5.43 Å². The van der Waals surface area contributed by atoms with Gasteiger partial charge in [-0.05, 0) is 24.3 Å². The van der Waals surface area contributed by atoms with Gasteiger partial charge in [0.25, 0.3) is 0 Å². The Morgan fingerprint density at radius 3 is 3.11 bits per heavy atom. The Hall–Kier alpha value is -2.62. The summed E-state index contributed by atoms with van der Waals surface area (Å²) >= 11 is 0. The zero-order valence-corrected chi connectivity index (χ0v) is 16.1. The second-order valence-electron chi connectivity index (χ2n) is 7.04. The minimum Gasteiger partial charge on any atom is -0.383 e. The molecule has 0 bridgehead atoms. The number of H-pyrrole nitrogens is 1. The monoisotopic (exact) mass is 384 g/mol. The molecule has 1 fully saturated rings. The zero-order valence-electron chi connectivity index (χ0n) is 16.1. The second-order valence-corrected chi connectivity index (χ2v) is 7.04. The number of fused-ring (bicyclic) bond motifs is 1. The minimum atomic E-state index is -0.236. The molecule has 3 heterocycles. The van der Waals surface area contributed by atoms with Crippen molar-refractivity contribution in [2.45, 2.75) is 26.1 Å². The molecule has 28 heavy (non-hydrogen) atoms. The van der Waals surface area contributed by atoms with E-state index in [9.17, 15) is 4.79 Å². The molecule has 148 valence electrons. The number of aromatic amines is 1. The van der Waals surface area contributed by atoms with Gasteiger partial charge in [0.2, 0.25) is 5.82 Å². The topological polar surface area (TPSA) is 98.2 Å². The molecule has 0 spiro atoms. The van der Waals surface area contributed by atoms with Gasteiger partial charge in [-0.15, -0.1) is 10.2 Å². The van der Waals surface area contributed by atoms with Gasteiger partial charge in [-0.25, -0.2) is 0 Å². The maximum atomic E-state index is 12.5. The molecule has 1 saturated heterocycles. The average molecular weight is 384 g/mol. The number of nitrogens with zero attached hydrogens (tertiary/aromatic N) is 5. The number of rotatable bonds is 6. The molecule has 0 aliphatic carbocycles. The van der Waals surface area contributed by atoms with Gasteiger partial charge in [0, 0.05) is 49.4 Å². The summed E-state index contributed by atoms with van der Waals surface area (Å²) in [7, 11) is 1.64. The summed E-state index contributed by atoms with van der Waals surface area (Å²) in [6.45, 7) is 5.71. The van der Waals surface area contributed by atoms with Crippen LogP contribution in [0.3, 0.4) is 0 Å². The van der Waals surface area contributed by atoms with Gasteiger partial charge < -0.3 is 14.5 Å². The molecule has 1 aliphatic rings. The van der Waals surface area contributed by atoms with Crippen LogP contribution in [-0.4, -0.2) is 63.5 Å². The van der Waals surface area contributed by atoms with Gasteiger partial charge in [-0.3, -0.25) is 9.69 Å². The Kier molecular flexibility index (Phi) is 5.47. The smallest absolute Gasteiger partial charge is 0.204 e. The Morgan fingerprint density at radius 2 is 2.25 bits per heavy atom. The van der Waals surface area contributed by atoms with Crippen molar-refractivity contribution in [2.24, 2.45) is 0 Å². The van der Waals surface area contributed by atoms with Crippen LogP contribution >= 0.6 is 0 Å². The molecule has 1 N–H and O–H groups in total. The number of ether oxygens (including phenoxy) is 2. The van der Waals surface area contributed by atoms with Crippen molar-refractivity contribution < 1.29 is 9.47 Å². The van der Waals surface area contributed by atoms with Gasteiger partial charge in [0.15, 0.2) is 5.43 Å². The molecule has 0 radical (unpaired) electrons. The lowest BCUT2D eigenvalue weighted by Crippen LogP contribution is -2.38. The van der Waals surface area contributed by atoms with E-state index in [4.69, 9.17) is 9.47 Å². The summed E-state index contributed by atoms with van der Waals surface area (Å²) in [5.74, 6) is 0.572. The van der Waals surface area contributed by atoms with Crippen molar-refractivity contribution in [2.75, 3.05) is 33.4 Å². The fraction of sp³-hybridized carbons (Fsp3) is 0.474. The molecule has 9 nitrogen and oxygen atoms in total. The molecule has 3 aromatic rings. The Balaban J connectivity index is 1.46. The molecule has 1 aliphatic heterocycles. The van der Waals surface area contributed by atoms with Crippen LogP contribution in [0.15, 0.2) is 29.1 Å². The number of hydrogen-bond acceptors (Lipinski definition) is 7. The van der Waals surface area contributed by atoms with E-state index in [1.54, 1.807) is 13.2 Å². The summed E-state index contributed by atoms with van der Waals surface area (Å²) in [6, 6.07) is 7.57. The van der Waals surface area contributed by atoms with E-state index in [0.717, 1.165) is 28.7 Å². The van der Waals surface area contributed by atoms with Crippen molar-refractivity contribution in [3.63, 3.8) is 0 Å². The highest BCUT2D eigenvalue weighted by atomic mass is 16.5. The average Bonchev–Trinajstić information content (AvgIpc) is 3.16. The van der Waals surface area contributed by atoms with E-state index < -0.39 is 0 Å². The number of pyridine rings is 1. The fourth-order valence-corrected chi connectivity index (χ4v) is 3.40. The molecule has 2 aromatic heterocycles. The van der Waals surface area contributed by atoms with Crippen molar-refractivity contribution in [3.05, 3.63) is 51.6 Å². The first-order chi connectivity index (χ1) is 13.6. The third kappa shape index (κ3) is 4.11. The highest BCUT2D eigenvalue weighted by molar-refractivity contribution is 5.79. The SMILES string of the molecule is COCCn1nnc([C@H]2CN(Cc3cc(=O)c4cc(C)ccc4[nH]3)CCO2)n1. The van der Waals surface area contributed by atoms with E-state index >= 15 is 0 Å². The van der Waals surface area contributed by atoms with Crippen molar-refractivity contribution in [1.29, 1.82) is 0 Å². The highest BCUT2D eigenvalue weighted by Crippen LogP contribution is 2.20. The van der Waals surface area contributed by atoms with E-state index in [1.165, 1.54) is 4.80 Å². The molecule has 0 unspecified atom stereocenters. The Morgan fingerprint density at radius 1 is 1.36 bits per heavy atom. The number of benzene rings is 1. The summed E-state index contributed by atoms with van der Waals surface area (Å²) in [4.78, 5) is 19.6. The van der Waals surface area contributed by atoms with Gasteiger partial charge in [0.1, 0.15) is 6.10 Å². The van der Waals surface area contributed by atoms with E-state index in [-0.39, 0.29) is 11.5 Å². The molecular weight excluding hydrogens is 360 g/mol. The quantitative estimate of drug-likeness (QED) is 0.678. The van der Waals surface area contributed by atoms with Crippen LogP contribution in [-0.2, 0) is 22.6 Å². The van der Waals surface area contributed by atoms with E-state index in [2.05, 4.69) is 25.3 Å². The largest absolute Gasteiger partial charge is 0.383 e. The van der Waals surface area contributed by atoms with Crippen molar-refractivity contribution in [3.8, 4) is 0 Å². The van der Waals surface area contributed by atoms with Gasteiger partial charge in [-0.2, -0.15) is 4.80 Å². The van der Waals surface area contributed by atoms with Gasteiger partial charge in [-0.1, -0.05) is 11.6 Å². The van der Waals surface area contributed by atoms with E-state index in [0.29, 0.717) is 38.7 Å². The number of nitrogens with one attached hydrogen (secondary N) is 1. The van der Waals surface area contributed by atoms with Crippen LogP contribution in [0.2, 0.25) is 0 Å². The molecule has 1 atom stereocenters. The molecular formula is C19H24N6O3. The molecule has 4 rings (SSSR count). The summed E-state index contributed by atoms with van der Waals surface area (Å²) in [5.41, 5.74) is 2.87. The minimum absolute atomic E-state index is 0.0417. The predicted molar refractivity (Wildman–Crippen MR) is 103 cm³/mol.